The third-order valence-electron chi connectivity index (χ3n) is 1.39. The van der Waals surface area contributed by atoms with Gasteiger partial charge in [0.25, 0.3) is 0 Å². The van der Waals surface area contributed by atoms with Crippen molar-refractivity contribution in [1.29, 1.82) is 0 Å². The summed E-state index contributed by atoms with van der Waals surface area (Å²) in [7, 11) is -9.11. The smallest absolute Gasteiger partial charge is 0.469 e. The molecule has 128 valence electrons. The van der Waals surface area contributed by atoms with Crippen molar-refractivity contribution in [2.75, 3.05) is 19.8 Å². The Labute approximate surface area is 118 Å². The van der Waals surface area contributed by atoms with Crippen LogP contribution in [0.25, 0.3) is 0 Å². The van der Waals surface area contributed by atoms with Crippen LogP contribution in [0.4, 0.5) is 0 Å². The summed E-state index contributed by atoms with van der Waals surface area (Å²) in [5.41, 5.74) is 4.86. The highest BCUT2D eigenvalue weighted by molar-refractivity contribution is 7.46. The Balaban J connectivity index is 0. The van der Waals surface area contributed by atoms with Crippen LogP contribution >= 0.6 is 15.6 Å². The summed E-state index contributed by atoms with van der Waals surface area (Å²) in [6.45, 7) is -1.86. The summed E-state index contributed by atoms with van der Waals surface area (Å²) in [5.74, 6) is -1.38. The van der Waals surface area contributed by atoms with Gasteiger partial charge in [-0.3, -0.25) is 13.8 Å². The van der Waals surface area contributed by atoms with Gasteiger partial charge < -0.3 is 40.6 Å². The van der Waals surface area contributed by atoms with Crippen LogP contribution < -0.4 is 5.73 Å². The fourth-order valence-corrected chi connectivity index (χ4v) is 1.21. The van der Waals surface area contributed by atoms with Crippen LogP contribution in [0.1, 0.15) is 0 Å². The second kappa shape index (κ2) is 10.3. The molecule has 0 aromatic rings. The lowest BCUT2D eigenvalue weighted by atomic mass is 10.3. The maximum absolute atomic E-state index is 9.98. The van der Waals surface area contributed by atoms with Gasteiger partial charge in [0.1, 0.15) is 12.1 Å². The molecule has 0 aliphatic carbocycles. The predicted molar refractivity (Wildman–Crippen MR) is 64.7 cm³/mol. The zero-order valence-corrected chi connectivity index (χ0v) is 12.2. The van der Waals surface area contributed by atoms with Gasteiger partial charge in [-0.1, -0.05) is 0 Å². The molecule has 15 heteroatoms. The largest absolute Gasteiger partial charge is 0.480 e. The maximum Gasteiger partial charge on any atom is 0.469 e. The molecule has 0 fully saturated rings. The van der Waals surface area contributed by atoms with Crippen molar-refractivity contribution in [2.24, 2.45) is 5.73 Å². The SMILES string of the molecule is N[C@@H](COP(=O)(O)O)C(=O)O.O=P(O)(O)OCC(O)CO. The van der Waals surface area contributed by atoms with Gasteiger partial charge in [0.05, 0.1) is 19.8 Å². The standard InChI is InChI=1S/C3H8NO6P.C3H9O6P/c4-2(3(5)6)1-10-11(7,8)9;4-1-3(5)2-9-10(6,7)8/h2H,1,4H2,(H,5,6)(H2,7,8,9);3-5H,1-2H2,(H2,6,7,8)/t2-;/m0./s1. The highest BCUT2D eigenvalue weighted by atomic mass is 31.2. The van der Waals surface area contributed by atoms with Gasteiger partial charge in [-0.2, -0.15) is 0 Å². The lowest BCUT2D eigenvalue weighted by molar-refractivity contribution is -0.139. The molecule has 21 heavy (non-hydrogen) atoms. The van der Waals surface area contributed by atoms with Gasteiger partial charge >= 0.3 is 21.6 Å². The lowest BCUT2D eigenvalue weighted by Crippen LogP contribution is -2.34. The molecule has 0 saturated heterocycles. The minimum absolute atomic E-state index is 0.569. The summed E-state index contributed by atoms with van der Waals surface area (Å²) in [5, 5.41) is 24.8. The van der Waals surface area contributed by atoms with Crippen molar-refractivity contribution in [2.45, 2.75) is 12.1 Å². The van der Waals surface area contributed by atoms with E-state index in [1.165, 1.54) is 0 Å². The van der Waals surface area contributed by atoms with E-state index < -0.39 is 53.6 Å². The van der Waals surface area contributed by atoms with E-state index >= 15 is 0 Å². The van der Waals surface area contributed by atoms with Crippen molar-refractivity contribution in [1.82, 2.24) is 0 Å². The van der Waals surface area contributed by atoms with Crippen LogP contribution in [0.15, 0.2) is 0 Å². The number of carboxylic acid groups (broad SMARTS) is 1. The highest BCUT2D eigenvalue weighted by Crippen LogP contribution is 2.36. The second-order valence-electron chi connectivity index (χ2n) is 3.35. The van der Waals surface area contributed by atoms with Gasteiger partial charge in [-0.15, -0.1) is 0 Å². The minimum Gasteiger partial charge on any atom is -0.480 e. The molecule has 0 spiro atoms. The molecule has 1 unspecified atom stereocenters. The number of hydrogen-bond acceptors (Lipinski definition) is 8. The van der Waals surface area contributed by atoms with Crippen molar-refractivity contribution >= 4 is 21.6 Å². The number of phosphoric ester groups is 2. The summed E-state index contributed by atoms with van der Waals surface area (Å²) < 4.78 is 27.6. The van der Waals surface area contributed by atoms with E-state index in [2.05, 4.69) is 9.05 Å². The Morgan fingerprint density at radius 2 is 1.43 bits per heavy atom. The molecule has 0 saturated carbocycles. The number of nitrogens with two attached hydrogens (primary N) is 1. The maximum atomic E-state index is 9.98. The lowest BCUT2D eigenvalue weighted by Gasteiger charge is -2.07. The average molecular weight is 357 g/mol. The topological polar surface area (TPSA) is 237 Å². The molecule has 0 rings (SSSR count). The van der Waals surface area contributed by atoms with Crippen molar-refractivity contribution in [3.8, 4) is 0 Å². The Morgan fingerprint density at radius 3 is 1.71 bits per heavy atom. The van der Waals surface area contributed by atoms with E-state index in [0.29, 0.717) is 0 Å². The molecule has 2 atom stereocenters. The number of hydrogen-bond donors (Lipinski definition) is 8. The van der Waals surface area contributed by atoms with Crippen LogP contribution in [-0.2, 0) is 23.0 Å². The van der Waals surface area contributed by atoms with E-state index in [9.17, 15) is 13.9 Å². The molecule has 0 aromatic carbocycles. The molecule has 0 radical (unpaired) electrons. The van der Waals surface area contributed by atoms with Gasteiger partial charge in [-0.05, 0) is 0 Å². The molecule has 0 bridgehead atoms. The number of rotatable bonds is 8. The number of aliphatic hydroxyl groups excluding tert-OH is 2. The molecule has 0 aliphatic heterocycles. The van der Waals surface area contributed by atoms with Crippen LogP contribution in [-0.4, -0.2) is 72.8 Å². The zero-order valence-electron chi connectivity index (χ0n) is 10.4. The minimum atomic E-state index is -4.60. The van der Waals surface area contributed by atoms with E-state index in [1.807, 2.05) is 0 Å². The summed E-state index contributed by atoms with van der Waals surface area (Å²) in [6, 6.07) is -1.41. The predicted octanol–water partition coefficient (Wildman–Crippen LogP) is -3.04. The molecule has 13 nitrogen and oxygen atoms in total. The zero-order chi connectivity index (χ0) is 17.3. The van der Waals surface area contributed by atoms with Crippen LogP contribution in [0.2, 0.25) is 0 Å². The Morgan fingerprint density at radius 1 is 1.05 bits per heavy atom. The summed E-state index contributed by atoms with van der Waals surface area (Å²) >= 11 is 0. The quantitative estimate of drug-likeness (QED) is 0.202. The molecular weight excluding hydrogens is 340 g/mol. The van der Waals surface area contributed by atoms with E-state index in [-0.39, 0.29) is 0 Å². The normalized spacial score (nSPS) is 14.8. The summed E-state index contributed by atoms with van der Waals surface area (Å²) in [4.78, 5) is 42.3. The molecule has 9 N–H and O–H groups in total. The molecular formula is C6H17NO12P2. The third kappa shape index (κ3) is 19.6. The van der Waals surface area contributed by atoms with Gasteiger partial charge in [0.2, 0.25) is 0 Å². The molecule has 0 aromatic heterocycles. The van der Waals surface area contributed by atoms with Crippen LogP contribution in [0, 0.1) is 0 Å². The van der Waals surface area contributed by atoms with Crippen molar-refractivity contribution in [3.63, 3.8) is 0 Å². The second-order valence-corrected chi connectivity index (χ2v) is 5.83. The molecule has 0 aliphatic rings. The Hall–Kier alpha value is -0.430. The van der Waals surface area contributed by atoms with Crippen LogP contribution in [0.3, 0.4) is 0 Å². The number of carboxylic acids is 1. The van der Waals surface area contributed by atoms with Gasteiger partial charge in [0.15, 0.2) is 0 Å². The first-order valence-corrected chi connectivity index (χ1v) is 8.02. The number of phosphoric acid groups is 2. The third-order valence-corrected chi connectivity index (χ3v) is 2.36. The first kappa shape index (κ1) is 22.8. The van der Waals surface area contributed by atoms with E-state index in [4.69, 9.17) is 40.6 Å². The van der Waals surface area contributed by atoms with Crippen LogP contribution in [0.5, 0.6) is 0 Å². The van der Waals surface area contributed by atoms with Crippen molar-refractivity contribution in [3.05, 3.63) is 0 Å². The van der Waals surface area contributed by atoms with Gasteiger partial charge in [-0.25, -0.2) is 9.13 Å². The monoisotopic (exact) mass is 357 g/mol. The Kier molecular flexibility index (Phi) is 11.2. The summed E-state index contributed by atoms with van der Waals surface area (Å²) in [6.07, 6.45) is -1.24. The fourth-order valence-electron chi connectivity index (χ4n) is 0.485. The van der Waals surface area contributed by atoms with E-state index in [0.717, 1.165) is 0 Å². The first-order valence-electron chi connectivity index (χ1n) is 4.96. The number of aliphatic carboxylic acids is 1. The number of aliphatic hydroxyl groups is 2. The fraction of sp³-hybridized carbons (Fsp3) is 0.833. The van der Waals surface area contributed by atoms with E-state index in [1.54, 1.807) is 0 Å². The molecule has 0 amide bonds. The average Bonchev–Trinajstić information content (AvgIpc) is 2.31. The Bertz CT molecular complexity index is 389. The highest BCUT2D eigenvalue weighted by Gasteiger charge is 2.19. The van der Waals surface area contributed by atoms with Crippen molar-refractivity contribution < 1.29 is 57.9 Å². The molecule has 0 heterocycles. The number of carbonyl (C=O) groups is 1. The first-order chi connectivity index (χ1) is 9.28. The van der Waals surface area contributed by atoms with Gasteiger partial charge in [0, 0.05) is 0 Å².